The van der Waals surface area contributed by atoms with Crippen molar-refractivity contribution in [1.82, 2.24) is 0 Å². The second-order valence-electron chi connectivity index (χ2n) is 17.1. The number of anilines is 5. The fraction of sp³-hybridized carbons (Fsp3) is 0.280. The van der Waals surface area contributed by atoms with E-state index in [0.29, 0.717) is 0 Å². The first-order valence-electron chi connectivity index (χ1n) is 19.8. The van der Waals surface area contributed by atoms with Crippen LogP contribution >= 0.6 is 0 Å². The molecule has 3 heteroatoms. The van der Waals surface area contributed by atoms with E-state index < -0.39 is 0 Å². The minimum absolute atomic E-state index is 0.103. The minimum atomic E-state index is -0.189. The molecule has 0 amide bonds. The topological polar surface area (TPSA) is 9.72 Å². The van der Waals surface area contributed by atoms with Crippen molar-refractivity contribution in [2.45, 2.75) is 89.5 Å². The van der Waals surface area contributed by atoms with Gasteiger partial charge in [-0.1, -0.05) is 101 Å². The zero-order chi connectivity index (χ0) is 35.6. The van der Waals surface area contributed by atoms with Crippen LogP contribution in [0, 0.1) is 0 Å². The highest BCUT2D eigenvalue weighted by molar-refractivity contribution is 5.89. The van der Waals surface area contributed by atoms with Crippen LogP contribution in [0.4, 0.5) is 28.4 Å². The van der Waals surface area contributed by atoms with E-state index in [1.165, 1.54) is 78.9 Å². The standard InChI is InChI=1S/C50H47N3/c1-49(2)38-19-9-14-24-46(38)53-47-26-25-36(51-42-20-10-5-15-32(42)27-33-16-6-11-21-43(33)51)29-39(47)50(3,4)41-31-37(30-40(49)48(41)53)52-44-22-12-7-17-34(44)28-35-18-8-13-23-45(35)52/h5,7-8,10-15,17-18,20-26,30-31,36H,6,9,16,19,27-29H2,1-4H3. The lowest BCUT2D eigenvalue weighted by Crippen LogP contribution is -2.46. The Hall–Kier alpha value is -5.28. The summed E-state index contributed by atoms with van der Waals surface area (Å²) in [6, 6.07) is 32.6. The summed E-state index contributed by atoms with van der Waals surface area (Å²) in [4.78, 5) is 7.93. The Morgan fingerprint density at radius 1 is 0.566 bits per heavy atom. The summed E-state index contributed by atoms with van der Waals surface area (Å²) < 4.78 is 0. The molecule has 53 heavy (non-hydrogen) atoms. The number of allylic oxidation sites excluding steroid dienone is 7. The van der Waals surface area contributed by atoms with Crippen LogP contribution in [0.2, 0.25) is 0 Å². The van der Waals surface area contributed by atoms with Gasteiger partial charge in [0, 0.05) is 57.1 Å². The predicted octanol–water partition coefficient (Wildman–Crippen LogP) is 12.3. The molecule has 1 unspecified atom stereocenters. The molecular formula is C50H47N3. The van der Waals surface area contributed by atoms with E-state index in [2.05, 4.69) is 164 Å². The Morgan fingerprint density at radius 2 is 1.13 bits per heavy atom. The number of fused-ring (bicyclic) bond motifs is 5. The molecule has 0 saturated heterocycles. The molecule has 0 bridgehead atoms. The van der Waals surface area contributed by atoms with Crippen LogP contribution in [0.5, 0.6) is 0 Å². The molecule has 1 atom stereocenters. The first kappa shape index (κ1) is 31.3. The number of hydrogen-bond acceptors (Lipinski definition) is 3. The maximum atomic E-state index is 2.69. The molecule has 262 valence electrons. The summed E-state index contributed by atoms with van der Waals surface area (Å²) in [5.41, 5.74) is 22.4. The summed E-state index contributed by atoms with van der Waals surface area (Å²) >= 11 is 0. The highest BCUT2D eigenvalue weighted by atomic mass is 15.2. The molecule has 0 fully saturated rings. The molecule has 0 spiro atoms. The zero-order valence-corrected chi connectivity index (χ0v) is 31.4. The monoisotopic (exact) mass is 689 g/mol. The van der Waals surface area contributed by atoms with Crippen LogP contribution in [-0.2, 0) is 23.7 Å². The molecule has 0 radical (unpaired) electrons. The van der Waals surface area contributed by atoms with Gasteiger partial charge in [0.15, 0.2) is 0 Å². The van der Waals surface area contributed by atoms with E-state index in [0.717, 1.165) is 44.9 Å². The van der Waals surface area contributed by atoms with Crippen molar-refractivity contribution >= 4 is 28.4 Å². The highest BCUT2D eigenvalue weighted by Gasteiger charge is 2.49. The van der Waals surface area contributed by atoms with E-state index in [-0.39, 0.29) is 16.9 Å². The largest absolute Gasteiger partial charge is 0.334 e. The van der Waals surface area contributed by atoms with Crippen molar-refractivity contribution in [3.8, 4) is 0 Å². The maximum Gasteiger partial charge on any atom is 0.0564 e. The summed E-state index contributed by atoms with van der Waals surface area (Å²) in [5, 5.41) is 0. The Labute approximate surface area is 314 Å². The normalized spacial score (nSPS) is 22.5. The van der Waals surface area contributed by atoms with Gasteiger partial charge in [-0.3, -0.25) is 0 Å². The molecule has 7 aliphatic rings. The van der Waals surface area contributed by atoms with Crippen molar-refractivity contribution in [3.05, 3.63) is 183 Å². The van der Waals surface area contributed by atoms with E-state index >= 15 is 0 Å². The second kappa shape index (κ2) is 11.1. The number of para-hydroxylation sites is 3. The molecule has 0 aromatic heterocycles. The van der Waals surface area contributed by atoms with Crippen molar-refractivity contribution in [1.29, 1.82) is 0 Å². The van der Waals surface area contributed by atoms with Crippen LogP contribution in [0.25, 0.3) is 0 Å². The third kappa shape index (κ3) is 4.34. The first-order chi connectivity index (χ1) is 25.8. The molecule has 4 aliphatic heterocycles. The van der Waals surface area contributed by atoms with Crippen molar-refractivity contribution in [2.24, 2.45) is 0 Å². The van der Waals surface area contributed by atoms with Crippen LogP contribution < -0.4 is 14.7 Å². The number of benzene rings is 4. The van der Waals surface area contributed by atoms with E-state index in [1.807, 2.05) is 0 Å². The van der Waals surface area contributed by atoms with Gasteiger partial charge in [-0.15, -0.1) is 0 Å². The number of nitrogens with zero attached hydrogens (tertiary/aromatic N) is 3. The summed E-state index contributed by atoms with van der Waals surface area (Å²) in [6.07, 6.45) is 22.2. The lowest BCUT2D eigenvalue weighted by atomic mass is 9.63. The summed E-state index contributed by atoms with van der Waals surface area (Å²) in [7, 11) is 0. The van der Waals surface area contributed by atoms with Gasteiger partial charge < -0.3 is 14.7 Å². The average molecular weight is 690 g/mol. The van der Waals surface area contributed by atoms with Crippen LogP contribution in [0.1, 0.15) is 87.6 Å². The SMILES string of the molecule is CC1(C)C2=C(C=CCC2)N2C3=C(CC(N4C5=C(CCC=C5)Cc5ccccc54)C=C3)C(C)(C)c3cc(N4c5ccccc5Cc5ccccc54)cc1c32. The van der Waals surface area contributed by atoms with Crippen LogP contribution in [-0.4, -0.2) is 6.04 Å². The molecule has 4 aromatic carbocycles. The Balaban J connectivity index is 1.12. The summed E-state index contributed by atoms with van der Waals surface area (Å²) in [5.74, 6) is 0. The second-order valence-corrected chi connectivity index (χ2v) is 17.1. The van der Waals surface area contributed by atoms with Gasteiger partial charge in [0.1, 0.15) is 0 Å². The van der Waals surface area contributed by atoms with Crippen molar-refractivity contribution in [2.75, 3.05) is 14.7 Å². The highest BCUT2D eigenvalue weighted by Crippen LogP contribution is 2.60. The van der Waals surface area contributed by atoms with Gasteiger partial charge in [-0.2, -0.15) is 0 Å². The Bertz CT molecular complexity index is 2410. The summed E-state index contributed by atoms with van der Waals surface area (Å²) in [6.45, 7) is 9.99. The average Bonchev–Trinajstić information content (AvgIpc) is 3.18. The fourth-order valence-electron chi connectivity index (χ4n) is 10.9. The van der Waals surface area contributed by atoms with E-state index in [9.17, 15) is 0 Å². The third-order valence-corrected chi connectivity index (χ3v) is 13.6. The van der Waals surface area contributed by atoms with Crippen molar-refractivity contribution in [3.63, 3.8) is 0 Å². The fourth-order valence-corrected chi connectivity index (χ4v) is 10.9. The van der Waals surface area contributed by atoms with Gasteiger partial charge in [-0.05, 0) is 132 Å². The Morgan fingerprint density at radius 3 is 1.83 bits per heavy atom. The van der Waals surface area contributed by atoms with Gasteiger partial charge in [0.25, 0.3) is 0 Å². The van der Waals surface area contributed by atoms with Gasteiger partial charge in [0.2, 0.25) is 0 Å². The molecule has 11 rings (SSSR count). The van der Waals surface area contributed by atoms with Gasteiger partial charge in [0.05, 0.1) is 11.7 Å². The molecule has 3 nitrogen and oxygen atoms in total. The van der Waals surface area contributed by atoms with Gasteiger partial charge >= 0.3 is 0 Å². The first-order valence-corrected chi connectivity index (χ1v) is 19.8. The Kier molecular flexibility index (Phi) is 6.56. The van der Waals surface area contributed by atoms with E-state index in [4.69, 9.17) is 0 Å². The lowest BCUT2D eigenvalue weighted by Gasteiger charge is -2.53. The van der Waals surface area contributed by atoms with Crippen LogP contribution in [0.15, 0.2) is 155 Å². The third-order valence-electron chi connectivity index (χ3n) is 13.6. The molecular weight excluding hydrogens is 643 g/mol. The van der Waals surface area contributed by atoms with Crippen LogP contribution in [0.3, 0.4) is 0 Å². The number of rotatable bonds is 2. The maximum absolute atomic E-state index is 2.69. The molecule has 0 N–H and O–H groups in total. The lowest BCUT2D eigenvalue weighted by molar-refractivity contribution is 0.522. The molecule has 0 saturated carbocycles. The van der Waals surface area contributed by atoms with Gasteiger partial charge in [-0.25, -0.2) is 0 Å². The molecule has 3 aliphatic carbocycles. The molecule has 4 aromatic rings. The smallest absolute Gasteiger partial charge is 0.0564 e. The predicted molar refractivity (Wildman–Crippen MR) is 220 cm³/mol. The molecule has 4 heterocycles. The quantitative estimate of drug-likeness (QED) is 0.183. The number of hydrogen-bond donors (Lipinski definition) is 0. The van der Waals surface area contributed by atoms with Crippen molar-refractivity contribution < 1.29 is 0 Å². The van der Waals surface area contributed by atoms with E-state index in [1.54, 1.807) is 11.1 Å². The zero-order valence-electron chi connectivity index (χ0n) is 31.4. The minimum Gasteiger partial charge on any atom is -0.334 e.